The molecule has 0 aliphatic carbocycles. The van der Waals surface area contributed by atoms with Crippen molar-refractivity contribution in [3.05, 3.63) is 12.0 Å². The Labute approximate surface area is 98.6 Å². The maximum absolute atomic E-state index is 13.3. The molecule has 0 aliphatic heterocycles. The summed E-state index contributed by atoms with van der Waals surface area (Å²) in [5.41, 5.74) is 0. The number of methoxy groups -OCH3 is 1. The molecule has 1 heterocycles. The molecular formula is C10H15FN4O2. The fourth-order valence-electron chi connectivity index (χ4n) is 1.12. The second-order valence-electron chi connectivity index (χ2n) is 3.17. The Morgan fingerprint density at radius 2 is 2.29 bits per heavy atom. The third-order valence-corrected chi connectivity index (χ3v) is 1.93. The fourth-order valence-corrected chi connectivity index (χ4v) is 1.12. The molecule has 0 fully saturated rings. The number of hydrogen-bond donors (Lipinski definition) is 2. The van der Waals surface area contributed by atoms with E-state index in [1.807, 2.05) is 6.92 Å². The summed E-state index contributed by atoms with van der Waals surface area (Å²) in [4.78, 5) is 18.5. The molecule has 0 spiro atoms. The second-order valence-corrected chi connectivity index (χ2v) is 3.17. The van der Waals surface area contributed by atoms with Gasteiger partial charge >= 0.3 is 5.97 Å². The lowest BCUT2D eigenvalue weighted by molar-refractivity contribution is -0.140. The van der Waals surface area contributed by atoms with E-state index in [0.717, 1.165) is 6.20 Å². The van der Waals surface area contributed by atoms with Gasteiger partial charge in [-0.15, -0.1) is 0 Å². The summed E-state index contributed by atoms with van der Waals surface area (Å²) in [7, 11) is 1.30. The molecule has 2 N–H and O–H groups in total. The maximum atomic E-state index is 13.3. The molecule has 0 radical (unpaired) electrons. The minimum absolute atomic E-state index is 0.0693. The number of hydrogen-bond acceptors (Lipinski definition) is 6. The van der Waals surface area contributed by atoms with Crippen LogP contribution in [0.2, 0.25) is 0 Å². The zero-order valence-electron chi connectivity index (χ0n) is 9.79. The zero-order valence-corrected chi connectivity index (χ0v) is 9.79. The van der Waals surface area contributed by atoms with E-state index in [-0.39, 0.29) is 24.8 Å². The molecular weight excluding hydrogens is 227 g/mol. The van der Waals surface area contributed by atoms with Crippen molar-refractivity contribution >= 4 is 17.7 Å². The molecule has 0 saturated heterocycles. The van der Waals surface area contributed by atoms with Crippen molar-refractivity contribution in [2.24, 2.45) is 0 Å². The molecule has 0 amide bonds. The minimum atomic E-state index is -0.559. The van der Waals surface area contributed by atoms with Crippen LogP contribution in [0.4, 0.5) is 16.2 Å². The first-order chi connectivity index (χ1) is 8.17. The van der Waals surface area contributed by atoms with Gasteiger partial charge in [0.1, 0.15) is 0 Å². The molecule has 1 rings (SSSR count). The van der Waals surface area contributed by atoms with Crippen molar-refractivity contribution < 1.29 is 13.9 Å². The van der Waals surface area contributed by atoms with Gasteiger partial charge in [-0.05, 0) is 6.92 Å². The normalized spacial score (nSPS) is 9.82. The highest BCUT2D eigenvalue weighted by molar-refractivity contribution is 5.69. The Balaban J connectivity index is 2.56. The van der Waals surface area contributed by atoms with Crippen molar-refractivity contribution in [1.29, 1.82) is 0 Å². The van der Waals surface area contributed by atoms with E-state index in [4.69, 9.17) is 0 Å². The standard InChI is InChI=1S/C10H15FN4O2/c1-3-12-10-14-6-7(11)9(15-10)13-5-4-8(16)17-2/h6H,3-5H2,1-2H3,(H2,12,13,14,15). The Kier molecular flexibility index (Phi) is 5.12. The maximum Gasteiger partial charge on any atom is 0.307 e. The molecule has 0 aromatic carbocycles. The van der Waals surface area contributed by atoms with Crippen molar-refractivity contribution in [2.75, 3.05) is 30.8 Å². The van der Waals surface area contributed by atoms with E-state index in [2.05, 4.69) is 25.3 Å². The molecule has 0 saturated carbocycles. The molecule has 0 aliphatic rings. The van der Waals surface area contributed by atoms with E-state index in [0.29, 0.717) is 12.5 Å². The molecule has 0 bridgehead atoms. The largest absolute Gasteiger partial charge is 0.469 e. The van der Waals surface area contributed by atoms with E-state index < -0.39 is 5.82 Å². The highest BCUT2D eigenvalue weighted by atomic mass is 19.1. The van der Waals surface area contributed by atoms with Gasteiger partial charge in [0.2, 0.25) is 5.95 Å². The van der Waals surface area contributed by atoms with Gasteiger partial charge in [-0.3, -0.25) is 4.79 Å². The first-order valence-corrected chi connectivity index (χ1v) is 5.24. The lowest BCUT2D eigenvalue weighted by atomic mass is 10.4. The van der Waals surface area contributed by atoms with Crippen LogP contribution in [0.1, 0.15) is 13.3 Å². The Hall–Kier alpha value is -1.92. The molecule has 7 heteroatoms. The van der Waals surface area contributed by atoms with E-state index in [9.17, 15) is 9.18 Å². The number of carbonyl (C=O) groups is 1. The molecule has 94 valence electrons. The summed E-state index contributed by atoms with van der Waals surface area (Å²) in [6, 6.07) is 0. The number of anilines is 2. The van der Waals surface area contributed by atoms with Crippen LogP contribution in [0.15, 0.2) is 6.20 Å². The van der Waals surface area contributed by atoms with Crippen LogP contribution in [0.3, 0.4) is 0 Å². The number of ether oxygens (including phenoxy) is 1. The summed E-state index contributed by atoms with van der Waals surface area (Å²) in [5, 5.41) is 5.57. The van der Waals surface area contributed by atoms with Crippen molar-refractivity contribution in [2.45, 2.75) is 13.3 Å². The number of aromatic nitrogens is 2. The highest BCUT2D eigenvalue weighted by Crippen LogP contribution is 2.11. The quantitative estimate of drug-likeness (QED) is 0.725. The first kappa shape index (κ1) is 13.1. The van der Waals surface area contributed by atoms with Gasteiger partial charge in [0.25, 0.3) is 0 Å². The predicted molar refractivity (Wildman–Crippen MR) is 61.3 cm³/mol. The minimum Gasteiger partial charge on any atom is -0.469 e. The smallest absolute Gasteiger partial charge is 0.307 e. The van der Waals surface area contributed by atoms with Crippen LogP contribution in [0, 0.1) is 5.82 Å². The van der Waals surface area contributed by atoms with E-state index in [1.54, 1.807) is 0 Å². The van der Waals surface area contributed by atoms with Gasteiger partial charge in [0, 0.05) is 13.1 Å². The van der Waals surface area contributed by atoms with Gasteiger partial charge in [-0.2, -0.15) is 4.98 Å². The summed E-state index contributed by atoms with van der Waals surface area (Å²) in [6.07, 6.45) is 1.22. The SMILES string of the molecule is CCNc1ncc(F)c(NCCC(=O)OC)n1. The number of rotatable bonds is 6. The second kappa shape index (κ2) is 6.62. The average molecular weight is 242 g/mol. The van der Waals surface area contributed by atoms with Crippen LogP contribution in [-0.4, -0.2) is 36.1 Å². The van der Waals surface area contributed by atoms with Gasteiger partial charge in [0.05, 0.1) is 19.7 Å². The summed E-state index contributed by atoms with van der Waals surface area (Å²) in [5.74, 6) is -0.510. The third-order valence-electron chi connectivity index (χ3n) is 1.93. The highest BCUT2D eigenvalue weighted by Gasteiger charge is 2.07. The molecule has 17 heavy (non-hydrogen) atoms. The number of nitrogens with one attached hydrogen (secondary N) is 2. The Morgan fingerprint density at radius 3 is 2.94 bits per heavy atom. The van der Waals surface area contributed by atoms with Crippen molar-refractivity contribution in [1.82, 2.24) is 9.97 Å². The average Bonchev–Trinajstić information content (AvgIpc) is 2.33. The Morgan fingerprint density at radius 1 is 1.53 bits per heavy atom. The predicted octanol–water partition coefficient (Wildman–Crippen LogP) is 1.02. The molecule has 0 unspecified atom stereocenters. The lowest BCUT2D eigenvalue weighted by Crippen LogP contribution is -2.13. The third kappa shape index (κ3) is 4.21. The van der Waals surface area contributed by atoms with Crippen LogP contribution in [0.25, 0.3) is 0 Å². The summed E-state index contributed by atoms with van der Waals surface area (Å²) < 4.78 is 17.7. The molecule has 1 aromatic heterocycles. The van der Waals surface area contributed by atoms with E-state index >= 15 is 0 Å². The van der Waals surface area contributed by atoms with Gasteiger partial charge < -0.3 is 15.4 Å². The topological polar surface area (TPSA) is 76.1 Å². The van der Waals surface area contributed by atoms with Gasteiger partial charge in [0.15, 0.2) is 11.6 Å². The van der Waals surface area contributed by atoms with Gasteiger partial charge in [-0.25, -0.2) is 9.37 Å². The van der Waals surface area contributed by atoms with Crippen molar-refractivity contribution in [3.8, 4) is 0 Å². The van der Waals surface area contributed by atoms with Crippen molar-refractivity contribution in [3.63, 3.8) is 0 Å². The number of carbonyl (C=O) groups excluding carboxylic acids is 1. The fraction of sp³-hybridized carbons (Fsp3) is 0.500. The molecule has 0 atom stereocenters. The number of esters is 1. The van der Waals surface area contributed by atoms with Crippen LogP contribution in [-0.2, 0) is 9.53 Å². The van der Waals surface area contributed by atoms with Crippen LogP contribution in [0.5, 0.6) is 0 Å². The summed E-state index contributed by atoms with van der Waals surface area (Å²) >= 11 is 0. The molecule has 1 aromatic rings. The number of halogens is 1. The zero-order chi connectivity index (χ0) is 12.7. The Bertz CT molecular complexity index is 387. The lowest BCUT2D eigenvalue weighted by Gasteiger charge is -2.07. The summed E-state index contributed by atoms with van der Waals surface area (Å²) in [6.45, 7) is 2.79. The van der Waals surface area contributed by atoms with E-state index in [1.165, 1.54) is 7.11 Å². The van der Waals surface area contributed by atoms with Crippen LogP contribution >= 0.6 is 0 Å². The van der Waals surface area contributed by atoms with Gasteiger partial charge in [-0.1, -0.05) is 0 Å². The monoisotopic (exact) mass is 242 g/mol. The number of nitrogens with zero attached hydrogens (tertiary/aromatic N) is 2. The first-order valence-electron chi connectivity index (χ1n) is 5.24. The molecule has 6 nitrogen and oxygen atoms in total. The van der Waals surface area contributed by atoms with Crippen LogP contribution < -0.4 is 10.6 Å².